The number of nitrogens with zero attached hydrogens (tertiary/aromatic N) is 1. The maximum absolute atomic E-state index is 11.9. The zero-order valence-corrected chi connectivity index (χ0v) is 12.8. The fraction of sp³-hybridized carbons (Fsp3) is 0.133. The lowest BCUT2D eigenvalue weighted by Gasteiger charge is -2.16. The van der Waals surface area contributed by atoms with Gasteiger partial charge in [-0.2, -0.15) is 0 Å². The molecule has 2 aromatic rings. The quantitative estimate of drug-likeness (QED) is 0.805. The molecule has 0 bridgehead atoms. The molecule has 0 amide bonds. The summed E-state index contributed by atoms with van der Waals surface area (Å²) in [4.78, 5) is 12.7. The van der Waals surface area contributed by atoms with Gasteiger partial charge in [-0.15, -0.1) is 0 Å². The Kier molecular flexibility index (Phi) is 3.70. The second-order valence-electron chi connectivity index (χ2n) is 5.07. The van der Waals surface area contributed by atoms with Crippen molar-refractivity contribution in [3.63, 3.8) is 0 Å². The number of carbonyl (C=O) groups is 1. The van der Waals surface area contributed by atoms with E-state index in [4.69, 9.17) is 9.88 Å². The Balaban J connectivity index is 2.20. The van der Waals surface area contributed by atoms with Gasteiger partial charge in [0.1, 0.15) is 10.6 Å². The number of sulfonamides is 1. The first-order chi connectivity index (χ1) is 10.9. The van der Waals surface area contributed by atoms with E-state index in [-0.39, 0.29) is 16.2 Å². The summed E-state index contributed by atoms with van der Waals surface area (Å²) in [6.07, 6.45) is 0. The highest BCUT2D eigenvalue weighted by atomic mass is 32.2. The number of para-hydroxylation sites is 1. The van der Waals surface area contributed by atoms with Crippen LogP contribution in [-0.4, -0.2) is 32.6 Å². The second kappa shape index (κ2) is 5.56. The van der Waals surface area contributed by atoms with Gasteiger partial charge in [-0.3, -0.25) is 0 Å². The van der Waals surface area contributed by atoms with E-state index < -0.39 is 16.0 Å². The van der Waals surface area contributed by atoms with Crippen LogP contribution in [0.15, 0.2) is 47.4 Å². The normalized spacial score (nSPS) is 13.7. The van der Waals surface area contributed by atoms with Crippen LogP contribution in [0.4, 0.5) is 5.69 Å². The number of rotatable bonds is 5. The standard InChI is InChI=1S/C15H14N2O5S/c16-23(20,21)13-9-10(15(18)19)8-12(17-6-7-17)14(13)22-11-4-2-1-3-5-11/h1-5,8-9H,6-7H2,(H,18,19)(H2,16,20,21). The average molecular weight is 334 g/mol. The first-order valence-electron chi connectivity index (χ1n) is 6.78. The van der Waals surface area contributed by atoms with Crippen LogP contribution in [0, 0.1) is 0 Å². The Morgan fingerprint density at radius 3 is 2.35 bits per heavy atom. The molecule has 8 heteroatoms. The van der Waals surface area contributed by atoms with Gasteiger partial charge in [0.05, 0.1) is 11.3 Å². The third kappa shape index (κ3) is 3.27. The second-order valence-corrected chi connectivity index (χ2v) is 6.60. The highest BCUT2D eigenvalue weighted by Crippen LogP contribution is 2.41. The average Bonchev–Trinajstić information content (AvgIpc) is 3.31. The lowest BCUT2D eigenvalue weighted by atomic mass is 10.2. The zero-order chi connectivity index (χ0) is 16.6. The molecule has 7 nitrogen and oxygen atoms in total. The van der Waals surface area contributed by atoms with Crippen molar-refractivity contribution in [1.29, 1.82) is 0 Å². The van der Waals surface area contributed by atoms with Gasteiger partial charge in [-0.05, 0) is 24.3 Å². The lowest BCUT2D eigenvalue weighted by Crippen LogP contribution is -2.15. The van der Waals surface area contributed by atoms with E-state index in [9.17, 15) is 18.3 Å². The Morgan fingerprint density at radius 2 is 1.83 bits per heavy atom. The van der Waals surface area contributed by atoms with Crippen LogP contribution in [0.1, 0.15) is 10.4 Å². The molecule has 1 saturated heterocycles. The van der Waals surface area contributed by atoms with E-state index in [2.05, 4.69) is 0 Å². The monoisotopic (exact) mass is 334 g/mol. The van der Waals surface area contributed by atoms with Crippen molar-refractivity contribution in [3.8, 4) is 11.5 Å². The topological polar surface area (TPSA) is 110 Å². The zero-order valence-electron chi connectivity index (χ0n) is 12.0. The van der Waals surface area contributed by atoms with Crippen LogP contribution in [0.2, 0.25) is 0 Å². The maximum atomic E-state index is 11.9. The summed E-state index contributed by atoms with van der Waals surface area (Å²) in [5, 5.41) is 14.4. The summed E-state index contributed by atoms with van der Waals surface area (Å²) in [6.45, 7) is 1.39. The summed E-state index contributed by atoms with van der Waals surface area (Å²) in [5.41, 5.74) is 0.245. The van der Waals surface area contributed by atoms with Crippen molar-refractivity contribution in [1.82, 2.24) is 0 Å². The van der Waals surface area contributed by atoms with Crippen LogP contribution in [0.5, 0.6) is 11.5 Å². The van der Waals surface area contributed by atoms with Crippen molar-refractivity contribution in [2.45, 2.75) is 4.90 Å². The van der Waals surface area contributed by atoms with Crippen LogP contribution in [-0.2, 0) is 10.0 Å². The SMILES string of the molecule is NS(=O)(=O)c1cc(C(=O)O)cc(N2CC2)c1Oc1ccccc1. The Bertz CT molecular complexity index is 861. The molecule has 0 aliphatic carbocycles. The van der Waals surface area contributed by atoms with Gasteiger partial charge in [0.25, 0.3) is 0 Å². The summed E-state index contributed by atoms with van der Waals surface area (Å²) in [6, 6.07) is 11.0. The number of ether oxygens (including phenoxy) is 1. The molecule has 0 saturated carbocycles. The number of hydrogen-bond donors (Lipinski definition) is 2. The van der Waals surface area contributed by atoms with E-state index in [1.807, 2.05) is 0 Å². The highest BCUT2D eigenvalue weighted by molar-refractivity contribution is 7.89. The van der Waals surface area contributed by atoms with Crippen molar-refractivity contribution >= 4 is 21.7 Å². The van der Waals surface area contributed by atoms with Gasteiger partial charge < -0.3 is 14.7 Å². The van der Waals surface area contributed by atoms with E-state index in [1.165, 1.54) is 6.07 Å². The molecular weight excluding hydrogens is 320 g/mol. The molecule has 2 aromatic carbocycles. The third-order valence-corrected chi connectivity index (χ3v) is 4.26. The number of carboxylic acids is 1. The molecule has 120 valence electrons. The van der Waals surface area contributed by atoms with Gasteiger partial charge in [0, 0.05) is 13.1 Å². The maximum Gasteiger partial charge on any atom is 0.335 e. The molecule has 1 aliphatic heterocycles. The first kappa shape index (κ1) is 15.3. The minimum Gasteiger partial charge on any atom is -0.478 e. The third-order valence-electron chi connectivity index (χ3n) is 3.34. The van der Waals surface area contributed by atoms with Gasteiger partial charge in [-0.25, -0.2) is 18.4 Å². The van der Waals surface area contributed by atoms with Gasteiger partial charge in [-0.1, -0.05) is 18.2 Å². The molecule has 0 atom stereocenters. The highest BCUT2D eigenvalue weighted by Gasteiger charge is 2.29. The van der Waals surface area contributed by atoms with Crippen LogP contribution in [0.3, 0.4) is 0 Å². The number of nitrogens with two attached hydrogens (primary N) is 1. The smallest absolute Gasteiger partial charge is 0.335 e. The summed E-state index contributed by atoms with van der Waals surface area (Å²) in [7, 11) is -4.15. The predicted octanol–water partition coefficient (Wildman–Crippen LogP) is 1.64. The van der Waals surface area contributed by atoms with Crippen LogP contribution < -0.4 is 14.8 Å². The Morgan fingerprint density at radius 1 is 1.17 bits per heavy atom. The van der Waals surface area contributed by atoms with Crippen LogP contribution in [0.25, 0.3) is 0 Å². The first-order valence-corrected chi connectivity index (χ1v) is 8.33. The van der Waals surface area contributed by atoms with E-state index in [1.54, 1.807) is 35.2 Å². The van der Waals surface area contributed by atoms with E-state index >= 15 is 0 Å². The number of hydrogen-bond acceptors (Lipinski definition) is 5. The van der Waals surface area contributed by atoms with Gasteiger partial charge in [0.15, 0.2) is 5.75 Å². The number of carboxylic acid groups (broad SMARTS) is 1. The van der Waals surface area contributed by atoms with Gasteiger partial charge >= 0.3 is 5.97 Å². The summed E-state index contributed by atoms with van der Waals surface area (Å²) in [5.74, 6) is -0.756. The van der Waals surface area contributed by atoms with Crippen molar-refractivity contribution < 1.29 is 23.1 Å². The molecule has 1 aliphatic rings. The minimum absolute atomic E-state index is 0.0428. The van der Waals surface area contributed by atoms with E-state index in [0.29, 0.717) is 24.5 Å². The Hall–Kier alpha value is -2.58. The molecular formula is C15H14N2O5S. The Labute approximate surface area is 133 Å². The number of anilines is 1. The molecule has 3 N–H and O–H groups in total. The number of benzene rings is 2. The summed E-state index contributed by atoms with van der Waals surface area (Å²) >= 11 is 0. The number of aromatic carboxylic acids is 1. The molecule has 3 rings (SSSR count). The summed E-state index contributed by atoms with van der Waals surface area (Å²) < 4.78 is 29.5. The number of primary sulfonamides is 1. The molecule has 0 aromatic heterocycles. The molecule has 0 unspecified atom stereocenters. The minimum atomic E-state index is -4.15. The molecule has 0 radical (unpaired) electrons. The lowest BCUT2D eigenvalue weighted by molar-refractivity contribution is 0.0696. The predicted molar refractivity (Wildman–Crippen MR) is 83.5 cm³/mol. The van der Waals surface area contributed by atoms with Crippen LogP contribution >= 0.6 is 0 Å². The largest absolute Gasteiger partial charge is 0.478 e. The van der Waals surface area contributed by atoms with Crippen molar-refractivity contribution in [3.05, 3.63) is 48.0 Å². The molecule has 23 heavy (non-hydrogen) atoms. The molecule has 1 fully saturated rings. The molecule has 0 spiro atoms. The van der Waals surface area contributed by atoms with Crippen molar-refractivity contribution in [2.75, 3.05) is 18.0 Å². The fourth-order valence-electron chi connectivity index (χ4n) is 2.16. The van der Waals surface area contributed by atoms with Gasteiger partial charge in [0.2, 0.25) is 10.0 Å². The fourth-order valence-corrected chi connectivity index (χ4v) is 2.85. The van der Waals surface area contributed by atoms with Crippen molar-refractivity contribution in [2.24, 2.45) is 5.14 Å². The van der Waals surface area contributed by atoms with E-state index in [0.717, 1.165) is 6.07 Å². The molecule has 1 heterocycles.